The smallest absolute Gasteiger partial charge is 0.337 e. The van der Waals surface area contributed by atoms with Crippen molar-refractivity contribution in [2.24, 2.45) is 5.92 Å². The third-order valence-corrected chi connectivity index (χ3v) is 4.54. The third-order valence-electron chi connectivity index (χ3n) is 4.05. The average Bonchev–Trinajstić information content (AvgIpc) is 2.61. The Bertz CT molecular complexity index is 820. The van der Waals surface area contributed by atoms with E-state index in [4.69, 9.17) is 11.2 Å². The summed E-state index contributed by atoms with van der Waals surface area (Å²) < 4.78 is 6.40. The van der Waals surface area contributed by atoms with Crippen molar-refractivity contribution in [2.45, 2.75) is 32.8 Å². The van der Waals surface area contributed by atoms with E-state index in [0.29, 0.717) is 22.9 Å². The van der Waals surface area contributed by atoms with E-state index in [1.807, 2.05) is 13.8 Å². The monoisotopic (exact) mass is 417 g/mol. The molecular weight excluding hydrogens is 398 g/mol. The van der Waals surface area contributed by atoms with Crippen LogP contribution in [0.2, 0.25) is 0 Å². The quantitative estimate of drug-likeness (QED) is 0.673. The number of aromatic carboxylic acids is 1. The number of benzene rings is 1. The molecular formula is C20H20BrNO4. The van der Waals surface area contributed by atoms with E-state index in [1.165, 1.54) is 6.07 Å². The summed E-state index contributed by atoms with van der Waals surface area (Å²) in [4.78, 5) is 23.9. The molecule has 1 aliphatic carbocycles. The van der Waals surface area contributed by atoms with Crippen LogP contribution in [-0.2, 0) is 9.53 Å². The van der Waals surface area contributed by atoms with Gasteiger partial charge in [-0.1, -0.05) is 41.8 Å². The first-order valence-electron chi connectivity index (χ1n) is 8.23. The molecule has 1 amide bonds. The molecule has 0 aromatic heterocycles. The Kier molecular flexibility index (Phi) is 6.64. The molecule has 2 N–H and O–H groups in total. The average molecular weight is 418 g/mol. The van der Waals surface area contributed by atoms with Gasteiger partial charge in [0.2, 0.25) is 0 Å². The van der Waals surface area contributed by atoms with Gasteiger partial charge in [-0.3, -0.25) is 4.79 Å². The lowest BCUT2D eigenvalue weighted by molar-refractivity contribution is -0.113. The number of carboxylic acid groups (broad SMARTS) is 1. The molecule has 0 saturated heterocycles. The molecule has 0 aliphatic heterocycles. The fourth-order valence-electron chi connectivity index (χ4n) is 2.57. The number of halogens is 1. The Hall–Kier alpha value is -2.52. The summed E-state index contributed by atoms with van der Waals surface area (Å²) in [5, 5.41) is 12.0. The van der Waals surface area contributed by atoms with Crippen LogP contribution in [0.15, 0.2) is 46.2 Å². The van der Waals surface area contributed by atoms with E-state index in [-0.39, 0.29) is 29.2 Å². The van der Waals surface area contributed by atoms with Gasteiger partial charge in [0.05, 0.1) is 11.3 Å². The minimum atomic E-state index is -1.11. The van der Waals surface area contributed by atoms with Gasteiger partial charge in [-0.2, -0.15) is 0 Å². The van der Waals surface area contributed by atoms with Gasteiger partial charge in [-0.05, 0) is 37.1 Å². The lowest BCUT2D eigenvalue weighted by Crippen LogP contribution is -2.22. The zero-order valence-corrected chi connectivity index (χ0v) is 16.2. The highest BCUT2D eigenvalue weighted by molar-refractivity contribution is 9.10. The zero-order chi connectivity index (χ0) is 19.3. The van der Waals surface area contributed by atoms with Gasteiger partial charge in [-0.15, -0.1) is 6.42 Å². The van der Waals surface area contributed by atoms with Crippen molar-refractivity contribution >= 4 is 33.5 Å². The highest BCUT2D eigenvalue weighted by atomic mass is 79.9. The number of carboxylic acids is 1. The topological polar surface area (TPSA) is 75.6 Å². The Morgan fingerprint density at radius 3 is 2.77 bits per heavy atom. The van der Waals surface area contributed by atoms with Crippen LogP contribution in [0.4, 0.5) is 5.69 Å². The fraction of sp³-hybridized carbons (Fsp3) is 0.300. The third kappa shape index (κ3) is 4.77. The molecule has 0 fully saturated rings. The van der Waals surface area contributed by atoms with E-state index in [0.717, 1.165) is 5.76 Å². The van der Waals surface area contributed by atoms with E-state index >= 15 is 0 Å². The fourth-order valence-corrected chi connectivity index (χ4v) is 2.93. The molecule has 1 aromatic carbocycles. The summed E-state index contributed by atoms with van der Waals surface area (Å²) in [6.07, 6.45) is 9.77. The van der Waals surface area contributed by atoms with E-state index < -0.39 is 5.97 Å². The van der Waals surface area contributed by atoms with Gasteiger partial charge in [0.1, 0.15) is 5.76 Å². The Morgan fingerprint density at radius 2 is 2.19 bits per heavy atom. The van der Waals surface area contributed by atoms with Crippen molar-refractivity contribution in [1.82, 2.24) is 0 Å². The van der Waals surface area contributed by atoms with Crippen molar-refractivity contribution in [3.63, 3.8) is 0 Å². The zero-order valence-electron chi connectivity index (χ0n) is 14.6. The molecule has 0 heterocycles. The molecule has 0 radical (unpaired) electrons. The second-order valence-electron chi connectivity index (χ2n) is 6.00. The number of anilines is 1. The number of ether oxygens (including phenoxy) is 1. The summed E-state index contributed by atoms with van der Waals surface area (Å²) in [5.41, 5.74) is 0.832. The second-order valence-corrected chi connectivity index (χ2v) is 6.91. The second kappa shape index (κ2) is 8.72. The highest BCUT2D eigenvalue weighted by Gasteiger charge is 2.23. The van der Waals surface area contributed by atoms with Crippen LogP contribution in [0, 0.1) is 18.3 Å². The number of terminal acetylenes is 1. The maximum absolute atomic E-state index is 12.5. The first-order valence-corrected chi connectivity index (χ1v) is 9.02. The van der Waals surface area contributed by atoms with Crippen LogP contribution in [0.1, 0.15) is 37.0 Å². The molecule has 2 rings (SSSR count). The van der Waals surface area contributed by atoms with E-state index in [1.54, 1.807) is 24.3 Å². The van der Waals surface area contributed by atoms with Crippen molar-refractivity contribution in [3.05, 3.63) is 51.7 Å². The first-order chi connectivity index (χ1) is 12.3. The Labute approximate surface area is 161 Å². The van der Waals surface area contributed by atoms with Crippen molar-refractivity contribution in [1.29, 1.82) is 0 Å². The molecule has 1 aliphatic rings. The molecule has 2 unspecified atom stereocenters. The normalized spacial score (nSPS) is 17.4. The summed E-state index contributed by atoms with van der Waals surface area (Å²) in [6, 6.07) is 4.68. The van der Waals surface area contributed by atoms with Crippen LogP contribution in [0.25, 0.3) is 0 Å². The van der Waals surface area contributed by atoms with Crippen molar-refractivity contribution in [3.8, 4) is 12.3 Å². The van der Waals surface area contributed by atoms with Crippen LogP contribution in [0.5, 0.6) is 0 Å². The van der Waals surface area contributed by atoms with Gasteiger partial charge < -0.3 is 15.2 Å². The van der Waals surface area contributed by atoms with Gasteiger partial charge in [-0.25, -0.2) is 4.79 Å². The van der Waals surface area contributed by atoms with E-state index in [9.17, 15) is 14.7 Å². The molecule has 5 nitrogen and oxygen atoms in total. The molecule has 0 spiro atoms. The number of hydrogen-bond donors (Lipinski definition) is 2. The van der Waals surface area contributed by atoms with Crippen LogP contribution in [-0.4, -0.2) is 23.1 Å². The predicted molar refractivity (Wildman–Crippen MR) is 104 cm³/mol. The maximum Gasteiger partial charge on any atom is 0.337 e. The van der Waals surface area contributed by atoms with E-state index in [2.05, 4.69) is 27.2 Å². The largest absolute Gasteiger partial charge is 0.482 e. The standard InChI is InChI=1S/C20H20BrNO4/c1-4-15(5-2)26-18-9-6-13(10-12(18)3)19(23)22-17-8-7-14(21)11-16(17)20(24)25/h1,6-9,11-12,15H,5,10H2,2-3H3,(H,22,23)(H,24,25). The number of hydrogen-bond acceptors (Lipinski definition) is 3. The summed E-state index contributed by atoms with van der Waals surface area (Å²) >= 11 is 3.23. The molecule has 0 saturated carbocycles. The minimum absolute atomic E-state index is 0.00649. The van der Waals surface area contributed by atoms with Gasteiger partial charge >= 0.3 is 5.97 Å². The first kappa shape index (κ1) is 19.8. The SMILES string of the molecule is C#CC(CC)OC1=CC=C(C(=O)Nc2ccc(Br)cc2C(=O)O)CC1C. The number of carbonyl (C=O) groups is 2. The number of rotatable bonds is 6. The van der Waals surface area contributed by atoms with Gasteiger partial charge in [0.15, 0.2) is 6.10 Å². The Morgan fingerprint density at radius 1 is 1.46 bits per heavy atom. The molecule has 0 bridgehead atoms. The Balaban J connectivity index is 2.16. The lowest BCUT2D eigenvalue weighted by Gasteiger charge is -2.24. The predicted octanol–water partition coefficient (Wildman–Crippen LogP) is 4.36. The number of allylic oxidation sites excluding steroid dienone is 3. The lowest BCUT2D eigenvalue weighted by atomic mass is 9.93. The van der Waals surface area contributed by atoms with Crippen LogP contribution in [0.3, 0.4) is 0 Å². The number of amides is 1. The number of nitrogens with one attached hydrogen (secondary N) is 1. The molecule has 6 heteroatoms. The molecule has 2 atom stereocenters. The van der Waals surface area contributed by atoms with Crippen molar-refractivity contribution < 1.29 is 19.4 Å². The summed E-state index contributed by atoms with van der Waals surface area (Å²) in [5.74, 6) is 1.90. The van der Waals surface area contributed by atoms with Crippen molar-refractivity contribution in [2.75, 3.05) is 5.32 Å². The maximum atomic E-state index is 12.5. The van der Waals surface area contributed by atoms with Crippen LogP contribution < -0.4 is 5.32 Å². The van der Waals surface area contributed by atoms with Crippen LogP contribution >= 0.6 is 15.9 Å². The number of carbonyl (C=O) groups excluding carboxylic acids is 1. The van der Waals surface area contributed by atoms with Gasteiger partial charge in [0.25, 0.3) is 5.91 Å². The molecule has 136 valence electrons. The highest BCUT2D eigenvalue weighted by Crippen LogP contribution is 2.28. The molecule has 26 heavy (non-hydrogen) atoms. The minimum Gasteiger partial charge on any atom is -0.482 e. The van der Waals surface area contributed by atoms with Gasteiger partial charge in [0, 0.05) is 16.0 Å². The summed E-state index contributed by atoms with van der Waals surface area (Å²) in [7, 11) is 0. The molecule has 1 aromatic rings. The summed E-state index contributed by atoms with van der Waals surface area (Å²) in [6.45, 7) is 3.91.